The van der Waals surface area contributed by atoms with Crippen molar-refractivity contribution in [2.45, 2.75) is 5.41 Å². The zero-order valence-corrected chi connectivity index (χ0v) is 32.3. The number of benzene rings is 11. The van der Waals surface area contributed by atoms with E-state index < -0.39 is 5.41 Å². The summed E-state index contributed by atoms with van der Waals surface area (Å²) in [5.41, 5.74) is 17.8. The molecule has 2 aliphatic rings. The van der Waals surface area contributed by atoms with E-state index in [-0.39, 0.29) is 0 Å². The van der Waals surface area contributed by atoms with E-state index in [1.54, 1.807) is 0 Å². The molecule has 1 spiro atoms. The first-order chi connectivity index (χ1) is 29.3. The zero-order chi connectivity index (χ0) is 38.7. The molecule has 0 bridgehead atoms. The van der Waals surface area contributed by atoms with Gasteiger partial charge >= 0.3 is 0 Å². The summed E-state index contributed by atoms with van der Waals surface area (Å²) in [6, 6.07) is 81.9. The van der Waals surface area contributed by atoms with Gasteiger partial charge in [-0.2, -0.15) is 0 Å². The fourth-order valence-electron chi connectivity index (χ4n) is 11.2. The standard InChI is InChI=1S/C59H36/c1-2-18-37(19-3-1)40-22-6-8-26-44(40)56-46-28-10-12-30-48(46)57(49-31-13-11-29-47(49)56)50-36-55-58(45-27-9-7-23-41(45)50)51-34-38-20-4-5-21-39(38)35-54(51)59(55)52-32-16-14-24-42(52)43-25-15-17-33-53(43)59/h1-36H. The van der Waals surface area contributed by atoms with Gasteiger partial charge in [0.1, 0.15) is 0 Å². The van der Waals surface area contributed by atoms with Gasteiger partial charge in [0.25, 0.3) is 0 Å². The molecule has 0 saturated carbocycles. The first-order valence-corrected chi connectivity index (χ1v) is 20.7. The fourth-order valence-corrected chi connectivity index (χ4v) is 11.2. The fraction of sp³-hybridized carbons (Fsp3) is 0.0169. The molecule has 0 amide bonds. The lowest BCUT2D eigenvalue weighted by molar-refractivity contribution is 0.796. The van der Waals surface area contributed by atoms with Crippen molar-refractivity contribution in [1.29, 1.82) is 0 Å². The highest BCUT2D eigenvalue weighted by Gasteiger charge is 2.52. The molecule has 0 heteroatoms. The van der Waals surface area contributed by atoms with Crippen LogP contribution in [-0.4, -0.2) is 0 Å². The van der Waals surface area contributed by atoms with Crippen LogP contribution in [0.2, 0.25) is 0 Å². The molecular weight excluding hydrogens is 709 g/mol. The van der Waals surface area contributed by atoms with Gasteiger partial charge in [-0.05, 0) is 139 Å². The smallest absolute Gasteiger partial charge is 0.0622 e. The summed E-state index contributed by atoms with van der Waals surface area (Å²) in [5, 5.41) is 10.1. The highest BCUT2D eigenvalue weighted by molar-refractivity contribution is 6.25. The SMILES string of the molecule is c1ccc(-c2ccccc2-c2c3ccccc3c(-c3cc4c(c5ccccc35)-c3cc5ccccc5cc3C43c4ccccc4-c4ccccc43)c3ccccc23)cc1. The first kappa shape index (κ1) is 32.5. The Balaban J connectivity index is 1.20. The lowest BCUT2D eigenvalue weighted by atomic mass is 9.69. The van der Waals surface area contributed by atoms with Gasteiger partial charge in [-0.25, -0.2) is 0 Å². The second-order valence-corrected chi connectivity index (χ2v) is 16.2. The predicted molar refractivity (Wildman–Crippen MR) is 249 cm³/mol. The van der Waals surface area contributed by atoms with Crippen LogP contribution in [0.15, 0.2) is 218 Å². The van der Waals surface area contributed by atoms with Crippen LogP contribution in [0.1, 0.15) is 22.3 Å². The molecule has 0 atom stereocenters. The van der Waals surface area contributed by atoms with E-state index in [1.807, 2.05) is 0 Å². The Morgan fingerprint density at radius 3 is 1.24 bits per heavy atom. The van der Waals surface area contributed by atoms with Gasteiger partial charge in [-0.15, -0.1) is 0 Å². The summed E-state index contributed by atoms with van der Waals surface area (Å²) in [5.74, 6) is 0. The Morgan fingerprint density at radius 2 is 0.644 bits per heavy atom. The van der Waals surface area contributed by atoms with Crippen LogP contribution in [0.5, 0.6) is 0 Å². The van der Waals surface area contributed by atoms with Gasteiger partial charge < -0.3 is 0 Å². The highest BCUT2D eigenvalue weighted by Crippen LogP contribution is 2.65. The van der Waals surface area contributed by atoms with Crippen LogP contribution in [0.25, 0.3) is 98.7 Å². The van der Waals surface area contributed by atoms with Gasteiger partial charge in [0, 0.05) is 0 Å². The predicted octanol–water partition coefficient (Wildman–Crippen LogP) is 15.6. The molecule has 0 unspecified atom stereocenters. The summed E-state index contributed by atoms with van der Waals surface area (Å²) in [7, 11) is 0. The molecular formula is C59H36. The molecule has 0 radical (unpaired) electrons. The third-order valence-corrected chi connectivity index (χ3v) is 13.4. The molecule has 0 aliphatic heterocycles. The summed E-state index contributed by atoms with van der Waals surface area (Å²) in [6.45, 7) is 0. The number of fused-ring (bicyclic) bond motifs is 15. The highest BCUT2D eigenvalue weighted by atomic mass is 14.5. The summed E-state index contributed by atoms with van der Waals surface area (Å²) < 4.78 is 0. The minimum atomic E-state index is -0.485. The molecule has 0 nitrogen and oxygen atoms in total. The Bertz CT molecular complexity index is 3450. The maximum Gasteiger partial charge on any atom is 0.0726 e. The van der Waals surface area contributed by atoms with Crippen molar-refractivity contribution in [3.63, 3.8) is 0 Å². The van der Waals surface area contributed by atoms with E-state index in [9.17, 15) is 0 Å². The van der Waals surface area contributed by atoms with Crippen molar-refractivity contribution in [3.8, 4) is 55.6 Å². The molecule has 59 heavy (non-hydrogen) atoms. The molecule has 0 fully saturated rings. The minimum absolute atomic E-state index is 0.485. The average molecular weight is 745 g/mol. The molecule has 0 heterocycles. The molecule has 0 N–H and O–H groups in total. The van der Waals surface area contributed by atoms with E-state index >= 15 is 0 Å². The zero-order valence-electron chi connectivity index (χ0n) is 32.3. The lowest BCUT2D eigenvalue weighted by Gasteiger charge is -2.31. The average Bonchev–Trinajstić information content (AvgIpc) is 3.77. The van der Waals surface area contributed by atoms with Gasteiger partial charge in [0.05, 0.1) is 5.41 Å². The van der Waals surface area contributed by atoms with Crippen molar-refractivity contribution >= 4 is 43.1 Å². The van der Waals surface area contributed by atoms with Gasteiger partial charge in [-0.1, -0.05) is 200 Å². The maximum atomic E-state index is 2.60. The number of hydrogen-bond donors (Lipinski definition) is 0. The second-order valence-electron chi connectivity index (χ2n) is 16.2. The van der Waals surface area contributed by atoms with Gasteiger partial charge in [0.2, 0.25) is 0 Å². The van der Waals surface area contributed by atoms with E-state index in [1.165, 1.54) is 121 Å². The van der Waals surface area contributed by atoms with Crippen molar-refractivity contribution < 1.29 is 0 Å². The molecule has 2 aliphatic carbocycles. The normalized spacial score (nSPS) is 13.2. The third kappa shape index (κ3) is 4.33. The molecule has 0 aromatic heterocycles. The van der Waals surface area contributed by atoms with Crippen molar-refractivity contribution in [2.75, 3.05) is 0 Å². The Morgan fingerprint density at radius 1 is 0.220 bits per heavy atom. The summed E-state index contributed by atoms with van der Waals surface area (Å²) in [6.07, 6.45) is 0. The topological polar surface area (TPSA) is 0 Å². The van der Waals surface area contributed by atoms with Crippen LogP contribution in [0.3, 0.4) is 0 Å². The van der Waals surface area contributed by atoms with Crippen LogP contribution in [0.4, 0.5) is 0 Å². The minimum Gasteiger partial charge on any atom is -0.0622 e. The van der Waals surface area contributed by atoms with E-state index in [0.717, 1.165) is 0 Å². The molecule has 272 valence electrons. The van der Waals surface area contributed by atoms with E-state index in [4.69, 9.17) is 0 Å². The third-order valence-electron chi connectivity index (χ3n) is 13.4. The maximum absolute atomic E-state index is 2.60. The van der Waals surface area contributed by atoms with Crippen molar-refractivity contribution in [3.05, 3.63) is 241 Å². The Kier molecular flexibility index (Phi) is 6.74. The monoisotopic (exact) mass is 744 g/mol. The summed E-state index contributed by atoms with van der Waals surface area (Å²) >= 11 is 0. The van der Waals surface area contributed by atoms with Gasteiger partial charge in [-0.3, -0.25) is 0 Å². The quantitative estimate of drug-likeness (QED) is 0.158. The first-order valence-electron chi connectivity index (χ1n) is 20.7. The van der Waals surface area contributed by atoms with Crippen molar-refractivity contribution in [2.24, 2.45) is 0 Å². The Labute approximate surface area is 343 Å². The number of rotatable bonds is 3. The van der Waals surface area contributed by atoms with Crippen molar-refractivity contribution in [1.82, 2.24) is 0 Å². The van der Waals surface area contributed by atoms with E-state index in [2.05, 4.69) is 218 Å². The number of hydrogen-bond acceptors (Lipinski definition) is 0. The Hall–Kier alpha value is -7.54. The molecule has 0 saturated heterocycles. The van der Waals surface area contributed by atoms with Crippen LogP contribution in [0, 0.1) is 0 Å². The van der Waals surface area contributed by atoms with Crippen LogP contribution >= 0.6 is 0 Å². The second kappa shape index (κ2) is 12.2. The molecule has 11 aromatic carbocycles. The lowest BCUT2D eigenvalue weighted by Crippen LogP contribution is -2.26. The van der Waals surface area contributed by atoms with Gasteiger partial charge in [0.15, 0.2) is 0 Å². The van der Waals surface area contributed by atoms with E-state index in [0.29, 0.717) is 0 Å². The summed E-state index contributed by atoms with van der Waals surface area (Å²) in [4.78, 5) is 0. The van der Waals surface area contributed by atoms with Crippen LogP contribution in [-0.2, 0) is 5.41 Å². The van der Waals surface area contributed by atoms with Crippen LogP contribution < -0.4 is 0 Å². The molecule has 11 aromatic rings. The largest absolute Gasteiger partial charge is 0.0726 e. The molecule has 13 rings (SSSR count).